The van der Waals surface area contributed by atoms with Crippen molar-refractivity contribution in [3.63, 3.8) is 0 Å². The van der Waals surface area contributed by atoms with Gasteiger partial charge in [0.25, 0.3) is 5.69 Å². The van der Waals surface area contributed by atoms with Crippen molar-refractivity contribution in [3.05, 3.63) is 39.9 Å². The highest BCUT2D eigenvalue weighted by atomic mass is 16.6. The molecular weight excluding hydrogens is 292 g/mol. The molecule has 1 aliphatic heterocycles. The molecule has 0 atom stereocenters. The van der Waals surface area contributed by atoms with Crippen LogP contribution in [0.15, 0.2) is 24.3 Å². The summed E-state index contributed by atoms with van der Waals surface area (Å²) in [5.74, 6) is -1.29. The molecule has 1 amide bonds. The second-order valence-corrected chi connectivity index (χ2v) is 5.04. The van der Waals surface area contributed by atoms with Crippen molar-refractivity contribution < 1.29 is 24.4 Å². The number of carboxylic acid groups (broad SMARTS) is 1. The molecule has 8 nitrogen and oxygen atoms in total. The Morgan fingerprint density at radius 2 is 1.95 bits per heavy atom. The summed E-state index contributed by atoms with van der Waals surface area (Å²) in [4.78, 5) is 34.5. The Morgan fingerprint density at radius 3 is 2.55 bits per heavy atom. The molecule has 1 saturated heterocycles. The van der Waals surface area contributed by atoms with Crippen LogP contribution >= 0.6 is 0 Å². The number of ether oxygens (including phenoxy) is 1. The van der Waals surface area contributed by atoms with Crippen molar-refractivity contribution in [2.45, 2.75) is 19.4 Å². The lowest BCUT2D eigenvalue weighted by molar-refractivity contribution is -0.385. The van der Waals surface area contributed by atoms with E-state index in [9.17, 15) is 19.7 Å². The van der Waals surface area contributed by atoms with E-state index in [1.165, 1.54) is 17.0 Å². The summed E-state index contributed by atoms with van der Waals surface area (Å²) in [6, 6.07) is 6.05. The van der Waals surface area contributed by atoms with Crippen LogP contribution in [-0.2, 0) is 16.1 Å². The number of amides is 1. The van der Waals surface area contributed by atoms with E-state index in [1.807, 2.05) is 0 Å². The van der Waals surface area contributed by atoms with Crippen molar-refractivity contribution in [1.82, 2.24) is 4.90 Å². The molecule has 0 bridgehead atoms. The molecule has 0 aliphatic carbocycles. The molecule has 0 aromatic heterocycles. The fourth-order valence-corrected chi connectivity index (χ4v) is 2.35. The standard InChI is InChI=1S/C14H16N2O6/c17-13(18)10-5-7-15(8-6-10)14(19)22-9-11-3-1-2-4-12(11)16(20)21/h1-4,10H,5-9H2,(H,17,18). The minimum absolute atomic E-state index is 0.0973. The van der Waals surface area contributed by atoms with E-state index in [4.69, 9.17) is 9.84 Å². The number of hydrogen-bond acceptors (Lipinski definition) is 5. The number of nitro groups is 1. The maximum atomic E-state index is 11.9. The topological polar surface area (TPSA) is 110 Å². The van der Waals surface area contributed by atoms with Gasteiger partial charge in [-0.15, -0.1) is 0 Å². The number of carbonyl (C=O) groups is 2. The summed E-state index contributed by atoms with van der Waals surface area (Å²) in [6.07, 6.45) is 0.188. The van der Waals surface area contributed by atoms with Gasteiger partial charge in [0.2, 0.25) is 0 Å². The number of carbonyl (C=O) groups excluding carboxylic acids is 1. The lowest BCUT2D eigenvalue weighted by Gasteiger charge is -2.29. The van der Waals surface area contributed by atoms with Crippen LogP contribution in [0.25, 0.3) is 0 Å². The molecule has 1 aromatic carbocycles. The molecule has 118 valence electrons. The summed E-state index contributed by atoms with van der Waals surface area (Å²) < 4.78 is 5.09. The van der Waals surface area contributed by atoms with Gasteiger partial charge < -0.3 is 14.7 Å². The molecule has 1 aliphatic rings. The SMILES string of the molecule is O=C(O)C1CCN(C(=O)OCc2ccccc2[N+](=O)[O-])CC1. The van der Waals surface area contributed by atoms with Gasteiger partial charge in [-0.25, -0.2) is 4.79 Å². The Hall–Kier alpha value is -2.64. The van der Waals surface area contributed by atoms with E-state index in [1.54, 1.807) is 12.1 Å². The largest absolute Gasteiger partial charge is 0.481 e. The molecule has 0 radical (unpaired) electrons. The van der Waals surface area contributed by atoms with Crippen LogP contribution in [0.1, 0.15) is 18.4 Å². The van der Waals surface area contributed by atoms with Crippen LogP contribution in [0.3, 0.4) is 0 Å². The Morgan fingerprint density at radius 1 is 1.32 bits per heavy atom. The van der Waals surface area contributed by atoms with Crippen LogP contribution in [0, 0.1) is 16.0 Å². The van der Waals surface area contributed by atoms with Gasteiger partial charge in [0, 0.05) is 19.2 Å². The number of benzene rings is 1. The van der Waals surface area contributed by atoms with Crippen molar-refractivity contribution in [3.8, 4) is 0 Å². The van der Waals surface area contributed by atoms with E-state index in [0.717, 1.165) is 0 Å². The van der Waals surface area contributed by atoms with Crippen LogP contribution < -0.4 is 0 Å². The van der Waals surface area contributed by atoms with E-state index < -0.39 is 22.9 Å². The van der Waals surface area contributed by atoms with Gasteiger partial charge in [0.1, 0.15) is 6.61 Å². The predicted octanol–water partition coefficient (Wildman–Crippen LogP) is 2.03. The number of rotatable bonds is 4. The average molecular weight is 308 g/mol. The summed E-state index contributed by atoms with van der Waals surface area (Å²) >= 11 is 0. The third-order valence-electron chi connectivity index (χ3n) is 3.64. The van der Waals surface area contributed by atoms with Crippen LogP contribution in [0.4, 0.5) is 10.5 Å². The van der Waals surface area contributed by atoms with Gasteiger partial charge >= 0.3 is 12.1 Å². The van der Waals surface area contributed by atoms with Gasteiger partial charge in [-0.2, -0.15) is 0 Å². The second-order valence-electron chi connectivity index (χ2n) is 5.04. The monoisotopic (exact) mass is 308 g/mol. The number of likely N-dealkylation sites (tertiary alicyclic amines) is 1. The molecule has 2 rings (SSSR count). The first kappa shape index (κ1) is 15.7. The van der Waals surface area contributed by atoms with Crippen LogP contribution in [0.2, 0.25) is 0 Å². The van der Waals surface area contributed by atoms with E-state index in [0.29, 0.717) is 31.5 Å². The Labute approximate surface area is 126 Å². The van der Waals surface area contributed by atoms with Crippen LogP contribution in [-0.4, -0.2) is 40.1 Å². The highest BCUT2D eigenvalue weighted by Gasteiger charge is 2.28. The minimum Gasteiger partial charge on any atom is -0.481 e. The quantitative estimate of drug-likeness (QED) is 0.673. The number of para-hydroxylation sites is 1. The minimum atomic E-state index is -0.854. The predicted molar refractivity (Wildman–Crippen MR) is 75.2 cm³/mol. The summed E-state index contributed by atoms with van der Waals surface area (Å²) in [5, 5.41) is 19.8. The highest BCUT2D eigenvalue weighted by Crippen LogP contribution is 2.21. The van der Waals surface area contributed by atoms with Gasteiger partial charge in [-0.05, 0) is 18.9 Å². The molecule has 1 aromatic rings. The number of aliphatic carboxylic acids is 1. The molecular formula is C14H16N2O6. The molecule has 8 heteroatoms. The molecule has 0 saturated carbocycles. The van der Waals surface area contributed by atoms with E-state index >= 15 is 0 Å². The number of nitro benzene ring substituents is 1. The summed E-state index contributed by atoms with van der Waals surface area (Å²) in [6.45, 7) is 0.439. The first-order chi connectivity index (χ1) is 10.5. The molecule has 1 N–H and O–H groups in total. The van der Waals surface area contributed by atoms with Crippen molar-refractivity contribution in [2.75, 3.05) is 13.1 Å². The molecule has 1 fully saturated rings. The third-order valence-corrected chi connectivity index (χ3v) is 3.64. The molecule has 0 spiro atoms. The van der Waals surface area contributed by atoms with Gasteiger partial charge in [0.05, 0.1) is 16.4 Å². The van der Waals surface area contributed by atoms with Gasteiger partial charge in [-0.3, -0.25) is 14.9 Å². The number of piperidine rings is 1. The normalized spacial score (nSPS) is 15.4. The zero-order valence-corrected chi connectivity index (χ0v) is 11.8. The molecule has 1 heterocycles. The lowest BCUT2D eigenvalue weighted by atomic mass is 9.97. The zero-order chi connectivity index (χ0) is 16.1. The van der Waals surface area contributed by atoms with Crippen molar-refractivity contribution in [2.24, 2.45) is 5.92 Å². The number of hydrogen-bond donors (Lipinski definition) is 1. The third kappa shape index (κ3) is 3.72. The smallest absolute Gasteiger partial charge is 0.410 e. The fraction of sp³-hybridized carbons (Fsp3) is 0.429. The Bertz CT molecular complexity index is 580. The fourth-order valence-electron chi connectivity index (χ4n) is 2.35. The first-order valence-electron chi connectivity index (χ1n) is 6.86. The maximum absolute atomic E-state index is 11.9. The van der Waals surface area contributed by atoms with Crippen LogP contribution in [0.5, 0.6) is 0 Å². The number of nitrogens with zero attached hydrogens (tertiary/aromatic N) is 2. The highest BCUT2D eigenvalue weighted by molar-refractivity contribution is 5.71. The maximum Gasteiger partial charge on any atom is 0.410 e. The average Bonchev–Trinajstić information content (AvgIpc) is 2.52. The molecule has 22 heavy (non-hydrogen) atoms. The summed E-state index contributed by atoms with van der Waals surface area (Å²) in [5.41, 5.74) is 0.223. The molecule has 0 unspecified atom stereocenters. The van der Waals surface area contributed by atoms with Crippen molar-refractivity contribution in [1.29, 1.82) is 0 Å². The number of carboxylic acids is 1. The second kappa shape index (κ2) is 6.88. The van der Waals surface area contributed by atoms with Gasteiger partial charge in [0.15, 0.2) is 0 Å². The summed E-state index contributed by atoms with van der Waals surface area (Å²) in [7, 11) is 0. The van der Waals surface area contributed by atoms with Gasteiger partial charge in [-0.1, -0.05) is 12.1 Å². The zero-order valence-electron chi connectivity index (χ0n) is 11.8. The Kier molecular flexibility index (Phi) is 4.92. The first-order valence-corrected chi connectivity index (χ1v) is 6.86. The van der Waals surface area contributed by atoms with E-state index in [2.05, 4.69) is 0 Å². The lowest BCUT2D eigenvalue weighted by Crippen LogP contribution is -2.40. The van der Waals surface area contributed by atoms with E-state index in [-0.39, 0.29) is 12.3 Å². The van der Waals surface area contributed by atoms with Crippen molar-refractivity contribution >= 4 is 17.7 Å². The Balaban J connectivity index is 1.89.